The molecule has 1 N–H and O–H groups in total. The molecule has 0 aromatic carbocycles. The zero-order valence-electron chi connectivity index (χ0n) is 8.98. The van der Waals surface area contributed by atoms with Crippen LogP contribution < -0.4 is 0 Å². The molecule has 1 aromatic rings. The molecule has 84 valence electrons. The Morgan fingerprint density at radius 3 is 3.19 bits per heavy atom. The van der Waals surface area contributed by atoms with E-state index in [1.165, 1.54) is 4.88 Å². The van der Waals surface area contributed by atoms with Crippen LogP contribution >= 0.6 is 11.3 Å². The highest BCUT2D eigenvalue weighted by atomic mass is 32.1. The molecule has 0 saturated carbocycles. The molecule has 0 unspecified atom stereocenters. The minimum absolute atomic E-state index is 0.289. The van der Waals surface area contributed by atoms with Gasteiger partial charge in [0.05, 0.1) is 0 Å². The lowest BCUT2D eigenvalue weighted by Crippen LogP contribution is -2.46. The normalized spacial score (nSPS) is 31.9. The van der Waals surface area contributed by atoms with Crippen LogP contribution in [0.25, 0.3) is 0 Å². The Balaban J connectivity index is 2.20. The second kappa shape index (κ2) is 3.45. The van der Waals surface area contributed by atoms with E-state index in [-0.39, 0.29) is 5.92 Å². The first-order valence-electron chi connectivity index (χ1n) is 5.70. The number of thiophene rings is 1. The summed E-state index contributed by atoms with van der Waals surface area (Å²) in [5.41, 5.74) is 0.466. The fraction of sp³-hybridized carbons (Fsp3) is 0.462. The second-order valence-corrected chi connectivity index (χ2v) is 5.68. The average molecular weight is 234 g/mol. The van der Waals surface area contributed by atoms with Crippen LogP contribution in [-0.4, -0.2) is 11.1 Å². The summed E-state index contributed by atoms with van der Waals surface area (Å²) in [6.07, 6.45) is 7.84. The first-order chi connectivity index (χ1) is 7.75. The topological polar surface area (TPSA) is 37.3 Å². The van der Waals surface area contributed by atoms with Crippen LogP contribution in [0.4, 0.5) is 0 Å². The van der Waals surface area contributed by atoms with Gasteiger partial charge in [-0.25, -0.2) is 0 Å². The standard InChI is InChI=1S/C13H14O2S/c14-12(15)13-7-2-1-3-9(13)4-5-11-10(13)6-8-16-11/h1-2,6,8-9H,3-5,7H2,(H,14,15)/t9-,13+/m1/s1. The van der Waals surface area contributed by atoms with E-state index in [9.17, 15) is 9.90 Å². The molecule has 3 heteroatoms. The number of fused-ring (bicyclic) bond motifs is 3. The summed E-state index contributed by atoms with van der Waals surface area (Å²) in [6, 6.07) is 2.03. The molecular formula is C13H14O2S. The van der Waals surface area contributed by atoms with Crippen molar-refractivity contribution in [1.82, 2.24) is 0 Å². The van der Waals surface area contributed by atoms with Gasteiger partial charge in [0.2, 0.25) is 0 Å². The minimum Gasteiger partial charge on any atom is -0.481 e. The number of hydrogen-bond acceptors (Lipinski definition) is 2. The Morgan fingerprint density at radius 1 is 1.50 bits per heavy atom. The zero-order chi connectivity index (χ0) is 11.2. The van der Waals surface area contributed by atoms with Gasteiger partial charge in [0, 0.05) is 4.88 Å². The van der Waals surface area contributed by atoms with E-state index in [1.54, 1.807) is 11.3 Å². The van der Waals surface area contributed by atoms with Gasteiger partial charge in [-0.05, 0) is 48.6 Å². The molecule has 2 aliphatic rings. The molecule has 1 aromatic heterocycles. The SMILES string of the molecule is O=C(O)[C@@]12CC=CC[C@@H]1CCc1sccc12. The number of aliphatic carboxylic acids is 1. The maximum atomic E-state index is 11.7. The number of carboxylic acids is 1. The van der Waals surface area contributed by atoms with Gasteiger partial charge in [-0.1, -0.05) is 12.2 Å². The highest BCUT2D eigenvalue weighted by Crippen LogP contribution is 2.49. The number of carboxylic acid groups (broad SMARTS) is 1. The van der Waals surface area contributed by atoms with Crippen LogP contribution in [0.15, 0.2) is 23.6 Å². The van der Waals surface area contributed by atoms with Crippen LogP contribution in [0.2, 0.25) is 0 Å². The van der Waals surface area contributed by atoms with Crippen molar-refractivity contribution in [3.8, 4) is 0 Å². The summed E-state index contributed by atoms with van der Waals surface area (Å²) in [5, 5.41) is 11.7. The molecule has 0 bridgehead atoms. The molecule has 0 fully saturated rings. The fourth-order valence-corrected chi connectivity index (χ4v) is 4.19. The molecule has 2 atom stereocenters. The summed E-state index contributed by atoms with van der Waals surface area (Å²) in [6.45, 7) is 0. The lowest BCUT2D eigenvalue weighted by atomic mass is 9.60. The molecule has 0 saturated heterocycles. The number of carbonyl (C=O) groups is 1. The number of hydrogen-bond donors (Lipinski definition) is 1. The Kier molecular flexibility index (Phi) is 2.18. The van der Waals surface area contributed by atoms with Crippen LogP contribution in [0, 0.1) is 5.92 Å². The number of allylic oxidation sites excluding steroid dienone is 2. The van der Waals surface area contributed by atoms with Crippen molar-refractivity contribution in [1.29, 1.82) is 0 Å². The summed E-state index contributed by atoms with van der Waals surface area (Å²) in [7, 11) is 0. The molecule has 0 spiro atoms. The van der Waals surface area contributed by atoms with Crippen LogP contribution in [0.3, 0.4) is 0 Å². The van der Waals surface area contributed by atoms with Crippen molar-refractivity contribution in [3.63, 3.8) is 0 Å². The third kappa shape index (κ3) is 1.15. The lowest BCUT2D eigenvalue weighted by Gasteiger charge is -2.42. The van der Waals surface area contributed by atoms with Gasteiger partial charge in [0.15, 0.2) is 0 Å². The molecule has 3 rings (SSSR count). The first-order valence-corrected chi connectivity index (χ1v) is 6.58. The largest absolute Gasteiger partial charge is 0.481 e. The predicted molar refractivity (Wildman–Crippen MR) is 63.8 cm³/mol. The number of aryl methyl sites for hydroxylation is 1. The molecule has 0 aliphatic heterocycles. The van der Waals surface area contributed by atoms with Crippen molar-refractivity contribution >= 4 is 17.3 Å². The summed E-state index contributed by atoms with van der Waals surface area (Å²) < 4.78 is 0. The van der Waals surface area contributed by atoms with Crippen molar-refractivity contribution in [3.05, 3.63) is 34.0 Å². The molecule has 0 radical (unpaired) electrons. The Bertz CT molecular complexity index is 460. The monoisotopic (exact) mass is 234 g/mol. The van der Waals surface area contributed by atoms with E-state index < -0.39 is 11.4 Å². The van der Waals surface area contributed by atoms with E-state index in [0.717, 1.165) is 24.8 Å². The van der Waals surface area contributed by atoms with E-state index in [2.05, 4.69) is 6.08 Å². The van der Waals surface area contributed by atoms with E-state index in [4.69, 9.17) is 0 Å². The van der Waals surface area contributed by atoms with Crippen molar-refractivity contribution < 1.29 is 9.90 Å². The van der Waals surface area contributed by atoms with Crippen LogP contribution in [-0.2, 0) is 16.6 Å². The Labute approximate surface area is 98.6 Å². The Morgan fingerprint density at radius 2 is 2.38 bits per heavy atom. The maximum absolute atomic E-state index is 11.7. The fourth-order valence-electron chi connectivity index (χ4n) is 3.21. The molecule has 1 heterocycles. The van der Waals surface area contributed by atoms with Gasteiger partial charge >= 0.3 is 5.97 Å². The molecule has 2 aliphatic carbocycles. The van der Waals surface area contributed by atoms with Crippen molar-refractivity contribution in [2.24, 2.45) is 5.92 Å². The van der Waals surface area contributed by atoms with E-state index in [0.29, 0.717) is 6.42 Å². The molecule has 0 amide bonds. The van der Waals surface area contributed by atoms with Crippen molar-refractivity contribution in [2.45, 2.75) is 31.1 Å². The van der Waals surface area contributed by atoms with Crippen LogP contribution in [0.1, 0.15) is 29.7 Å². The van der Waals surface area contributed by atoms with Gasteiger partial charge in [0.1, 0.15) is 5.41 Å². The summed E-state index contributed by atoms with van der Waals surface area (Å²) in [4.78, 5) is 13.0. The number of rotatable bonds is 1. The third-order valence-electron chi connectivity index (χ3n) is 4.05. The summed E-state index contributed by atoms with van der Waals surface area (Å²) in [5.74, 6) is -0.349. The minimum atomic E-state index is -0.638. The zero-order valence-corrected chi connectivity index (χ0v) is 9.80. The smallest absolute Gasteiger partial charge is 0.314 e. The molecule has 2 nitrogen and oxygen atoms in total. The van der Waals surface area contributed by atoms with Gasteiger partial charge in [0.25, 0.3) is 0 Å². The van der Waals surface area contributed by atoms with Gasteiger partial charge in [-0.3, -0.25) is 4.79 Å². The van der Waals surface area contributed by atoms with Gasteiger partial charge in [-0.15, -0.1) is 11.3 Å². The van der Waals surface area contributed by atoms with E-state index >= 15 is 0 Å². The van der Waals surface area contributed by atoms with E-state index in [1.807, 2.05) is 17.5 Å². The maximum Gasteiger partial charge on any atom is 0.314 e. The molecule has 16 heavy (non-hydrogen) atoms. The van der Waals surface area contributed by atoms with Crippen molar-refractivity contribution in [2.75, 3.05) is 0 Å². The second-order valence-electron chi connectivity index (χ2n) is 4.68. The third-order valence-corrected chi connectivity index (χ3v) is 5.03. The predicted octanol–water partition coefficient (Wildman–Crippen LogP) is 2.98. The quantitative estimate of drug-likeness (QED) is 0.758. The highest BCUT2D eigenvalue weighted by Gasteiger charge is 2.50. The average Bonchev–Trinajstić information content (AvgIpc) is 2.77. The first kappa shape index (κ1) is 10.1. The highest BCUT2D eigenvalue weighted by molar-refractivity contribution is 7.10. The van der Waals surface area contributed by atoms with Gasteiger partial charge in [-0.2, -0.15) is 0 Å². The van der Waals surface area contributed by atoms with Crippen LogP contribution in [0.5, 0.6) is 0 Å². The van der Waals surface area contributed by atoms with Gasteiger partial charge < -0.3 is 5.11 Å². The Hall–Kier alpha value is -1.09. The summed E-state index contributed by atoms with van der Waals surface area (Å²) >= 11 is 1.71. The molecular weight excluding hydrogens is 220 g/mol. The lowest BCUT2D eigenvalue weighted by molar-refractivity contribution is -0.147.